The SMILES string of the molecule is CCCCCCCCN(C(=O)Nc1ccccc1)n1cnc2cnc3ccccc3c21. The van der Waals surface area contributed by atoms with E-state index in [2.05, 4.69) is 22.2 Å². The molecule has 31 heavy (non-hydrogen) atoms. The molecule has 2 heterocycles. The highest BCUT2D eigenvalue weighted by atomic mass is 16.2. The monoisotopic (exact) mass is 415 g/mol. The van der Waals surface area contributed by atoms with Crippen LogP contribution in [0.4, 0.5) is 10.5 Å². The van der Waals surface area contributed by atoms with Gasteiger partial charge in [0.1, 0.15) is 17.4 Å². The van der Waals surface area contributed by atoms with Crippen molar-refractivity contribution in [2.75, 3.05) is 16.9 Å². The van der Waals surface area contributed by atoms with Gasteiger partial charge in [-0.2, -0.15) is 0 Å². The molecule has 0 saturated carbocycles. The van der Waals surface area contributed by atoms with Gasteiger partial charge in [-0.3, -0.25) is 4.98 Å². The number of hydrogen-bond donors (Lipinski definition) is 1. The van der Waals surface area contributed by atoms with Crippen molar-refractivity contribution >= 4 is 33.7 Å². The summed E-state index contributed by atoms with van der Waals surface area (Å²) in [5, 5.41) is 5.77. The molecule has 0 aliphatic heterocycles. The van der Waals surface area contributed by atoms with Gasteiger partial charge in [-0.05, 0) is 24.6 Å². The number of pyridine rings is 1. The molecule has 4 aromatic rings. The summed E-state index contributed by atoms with van der Waals surface area (Å²) in [4.78, 5) is 22.3. The van der Waals surface area contributed by atoms with Crippen LogP contribution in [-0.4, -0.2) is 27.2 Å². The summed E-state index contributed by atoms with van der Waals surface area (Å²) < 4.78 is 1.88. The van der Waals surface area contributed by atoms with Crippen LogP contribution in [0.15, 0.2) is 67.1 Å². The summed E-state index contributed by atoms with van der Waals surface area (Å²) in [5.74, 6) is 0. The van der Waals surface area contributed by atoms with Crippen LogP contribution < -0.4 is 10.3 Å². The summed E-state index contributed by atoms with van der Waals surface area (Å²) in [6, 6.07) is 17.4. The van der Waals surface area contributed by atoms with E-state index in [1.807, 2.05) is 59.3 Å². The number of hydrogen-bond acceptors (Lipinski definition) is 3. The number of imidazole rings is 1. The van der Waals surface area contributed by atoms with Gasteiger partial charge in [0, 0.05) is 17.6 Å². The minimum absolute atomic E-state index is 0.167. The fraction of sp³-hybridized carbons (Fsp3) is 0.320. The summed E-state index contributed by atoms with van der Waals surface area (Å²) in [6.45, 7) is 2.84. The number of fused-ring (bicyclic) bond motifs is 3. The third kappa shape index (κ3) is 4.85. The highest BCUT2D eigenvalue weighted by Gasteiger charge is 2.19. The van der Waals surface area contributed by atoms with Crippen molar-refractivity contribution in [1.82, 2.24) is 14.6 Å². The number of urea groups is 1. The fourth-order valence-corrected chi connectivity index (χ4v) is 3.87. The third-order valence-electron chi connectivity index (χ3n) is 5.51. The Kier molecular flexibility index (Phi) is 6.77. The Balaban J connectivity index is 1.63. The maximum Gasteiger partial charge on any atom is 0.341 e. The van der Waals surface area contributed by atoms with Gasteiger partial charge in [-0.15, -0.1) is 0 Å². The van der Waals surface area contributed by atoms with E-state index in [0.717, 1.165) is 40.5 Å². The van der Waals surface area contributed by atoms with Gasteiger partial charge in [-0.25, -0.2) is 19.5 Å². The lowest BCUT2D eigenvalue weighted by molar-refractivity contribution is 0.251. The van der Waals surface area contributed by atoms with Gasteiger partial charge in [0.2, 0.25) is 0 Å². The Hall–Kier alpha value is -3.41. The number of carbonyl (C=O) groups excluding carboxylic acids is 1. The molecule has 0 aliphatic carbocycles. The van der Waals surface area contributed by atoms with Crippen molar-refractivity contribution in [3.05, 3.63) is 67.1 Å². The normalized spacial score (nSPS) is 11.1. The summed E-state index contributed by atoms with van der Waals surface area (Å²) in [6.07, 6.45) is 10.5. The number of anilines is 1. The average molecular weight is 416 g/mol. The first-order chi connectivity index (χ1) is 15.3. The maximum absolute atomic E-state index is 13.3. The molecule has 0 spiro atoms. The predicted octanol–water partition coefficient (Wildman–Crippen LogP) is 6.12. The fourth-order valence-electron chi connectivity index (χ4n) is 3.87. The molecule has 1 N–H and O–H groups in total. The van der Waals surface area contributed by atoms with Crippen LogP contribution in [0.2, 0.25) is 0 Å². The van der Waals surface area contributed by atoms with E-state index < -0.39 is 0 Å². The number of benzene rings is 2. The first kappa shape index (κ1) is 20.8. The molecule has 2 aromatic heterocycles. The molecular formula is C25H29N5O. The second kappa shape index (κ2) is 10.1. The van der Waals surface area contributed by atoms with Crippen molar-refractivity contribution in [2.24, 2.45) is 0 Å². The minimum atomic E-state index is -0.167. The summed E-state index contributed by atoms with van der Waals surface area (Å²) in [5.41, 5.74) is 3.34. The molecule has 160 valence electrons. The summed E-state index contributed by atoms with van der Waals surface area (Å²) >= 11 is 0. The van der Waals surface area contributed by atoms with Crippen LogP contribution in [0.3, 0.4) is 0 Å². The molecular weight excluding hydrogens is 386 g/mol. The Morgan fingerprint density at radius 3 is 2.48 bits per heavy atom. The van der Waals surface area contributed by atoms with Crippen molar-refractivity contribution in [3.63, 3.8) is 0 Å². The van der Waals surface area contributed by atoms with Crippen molar-refractivity contribution in [2.45, 2.75) is 45.4 Å². The number of nitrogens with one attached hydrogen (secondary N) is 1. The second-order valence-corrected chi connectivity index (χ2v) is 7.79. The Labute approximate surface area is 182 Å². The number of nitrogens with zero attached hydrogens (tertiary/aromatic N) is 4. The molecule has 2 amide bonds. The minimum Gasteiger partial charge on any atom is -0.306 e. The number of aromatic nitrogens is 3. The second-order valence-electron chi connectivity index (χ2n) is 7.79. The molecule has 0 bridgehead atoms. The largest absolute Gasteiger partial charge is 0.341 e. The molecule has 4 rings (SSSR count). The maximum atomic E-state index is 13.3. The molecule has 0 saturated heterocycles. The zero-order valence-corrected chi connectivity index (χ0v) is 18.0. The molecule has 2 aromatic carbocycles. The number of rotatable bonds is 9. The molecule has 0 aliphatic rings. The van der Waals surface area contributed by atoms with Gasteiger partial charge in [-0.1, -0.05) is 75.4 Å². The van der Waals surface area contributed by atoms with E-state index in [1.165, 1.54) is 25.7 Å². The Bertz CT molecular complexity index is 1140. The third-order valence-corrected chi connectivity index (χ3v) is 5.51. The zero-order valence-electron chi connectivity index (χ0n) is 18.0. The van der Waals surface area contributed by atoms with Crippen molar-refractivity contribution in [1.29, 1.82) is 0 Å². The lowest BCUT2D eigenvalue weighted by Crippen LogP contribution is -2.43. The smallest absolute Gasteiger partial charge is 0.306 e. The number of carbonyl (C=O) groups is 1. The first-order valence-corrected chi connectivity index (χ1v) is 11.1. The molecule has 6 nitrogen and oxygen atoms in total. The van der Waals surface area contributed by atoms with Crippen molar-refractivity contribution < 1.29 is 4.79 Å². The number of unbranched alkanes of at least 4 members (excludes halogenated alkanes) is 5. The van der Waals surface area contributed by atoms with Crippen LogP contribution in [-0.2, 0) is 0 Å². The predicted molar refractivity (Wildman–Crippen MR) is 127 cm³/mol. The number of para-hydroxylation sites is 2. The quantitative estimate of drug-likeness (QED) is 0.335. The van der Waals surface area contributed by atoms with E-state index in [-0.39, 0.29) is 6.03 Å². The zero-order chi connectivity index (χ0) is 21.5. The van der Waals surface area contributed by atoms with E-state index in [1.54, 1.807) is 17.5 Å². The number of amides is 2. The average Bonchev–Trinajstić information content (AvgIpc) is 3.23. The van der Waals surface area contributed by atoms with Crippen LogP contribution in [0, 0.1) is 0 Å². The van der Waals surface area contributed by atoms with E-state index in [4.69, 9.17) is 0 Å². The lowest BCUT2D eigenvalue weighted by Gasteiger charge is -2.25. The Morgan fingerprint density at radius 2 is 1.65 bits per heavy atom. The molecule has 6 heteroatoms. The van der Waals surface area contributed by atoms with Crippen molar-refractivity contribution in [3.8, 4) is 0 Å². The van der Waals surface area contributed by atoms with Crippen LogP contribution >= 0.6 is 0 Å². The Morgan fingerprint density at radius 1 is 0.903 bits per heavy atom. The van der Waals surface area contributed by atoms with Gasteiger partial charge in [0.05, 0.1) is 11.7 Å². The highest BCUT2D eigenvalue weighted by Crippen LogP contribution is 2.23. The standard InChI is InChI=1S/C25H29N5O/c1-2-3-4-5-6-12-17-29(25(31)28-20-13-8-7-9-14-20)30-19-27-23-18-26-22-16-11-10-15-21(22)24(23)30/h7-11,13-16,18-19H,2-6,12,17H2,1H3,(H,28,31). The van der Waals surface area contributed by atoms with Gasteiger partial charge in [0.25, 0.3) is 0 Å². The van der Waals surface area contributed by atoms with Crippen LogP contribution in [0.1, 0.15) is 45.4 Å². The van der Waals surface area contributed by atoms with E-state index >= 15 is 0 Å². The highest BCUT2D eigenvalue weighted by molar-refractivity contribution is 6.04. The van der Waals surface area contributed by atoms with Gasteiger partial charge in [0.15, 0.2) is 0 Å². The first-order valence-electron chi connectivity index (χ1n) is 11.1. The molecule has 0 unspecified atom stereocenters. The molecule has 0 radical (unpaired) electrons. The van der Waals surface area contributed by atoms with Gasteiger partial charge >= 0.3 is 6.03 Å². The molecule has 0 atom stereocenters. The lowest BCUT2D eigenvalue weighted by atomic mass is 10.1. The molecule has 0 fully saturated rings. The topological polar surface area (TPSA) is 63.1 Å². The van der Waals surface area contributed by atoms with Crippen LogP contribution in [0.5, 0.6) is 0 Å². The van der Waals surface area contributed by atoms with Gasteiger partial charge < -0.3 is 5.32 Å². The van der Waals surface area contributed by atoms with E-state index in [9.17, 15) is 4.79 Å². The summed E-state index contributed by atoms with van der Waals surface area (Å²) in [7, 11) is 0. The van der Waals surface area contributed by atoms with E-state index in [0.29, 0.717) is 6.54 Å². The van der Waals surface area contributed by atoms with Crippen LogP contribution in [0.25, 0.3) is 21.9 Å².